The van der Waals surface area contributed by atoms with Crippen molar-refractivity contribution in [3.63, 3.8) is 0 Å². The van der Waals surface area contributed by atoms with Gasteiger partial charge in [0, 0.05) is 26.2 Å². The van der Waals surface area contributed by atoms with Crippen LogP contribution < -0.4 is 13.9 Å². The number of carbonyl (C=O) groups is 1. The number of aryl methyl sites for hydroxylation is 1. The van der Waals surface area contributed by atoms with Crippen molar-refractivity contribution in [2.45, 2.75) is 18.7 Å². The van der Waals surface area contributed by atoms with Crippen LogP contribution in [0.3, 0.4) is 0 Å². The maximum absolute atomic E-state index is 13.3. The lowest BCUT2D eigenvalue weighted by atomic mass is 10.2. The van der Waals surface area contributed by atoms with Crippen LogP contribution in [0.1, 0.15) is 12.5 Å². The lowest BCUT2D eigenvalue weighted by Crippen LogP contribution is -2.48. The lowest BCUT2D eigenvalue weighted by Gasteiger charge is -2.36. The summed E-state index contributed by atoms with van der Waals surface area (Å²) in [6.45, 7) is 4.80. The third-order valence-electron chi connectivity index (χ3n) is 6.04. The van der Waals surface area contributed by atoms with Gasteiger partial charge in [-0.3, -0.25) is 4.79 Å². The minimum Gasteiger partial charge on any atom is -0.495 e. The van der Waals surface area contributed by atoms with E-state index in [4.69, 9.17) is 4.74 Å². The first-order valence-electron chi connectivity index (χ1n) is 10.6. The molecule has 1 amide bonds. The Morgan fingerprint density at radius 1 is 1.03 bits per heavy atom. The summed E-state index contributed by atoms with van der Waals surface area (Å²) in [5.74, 6) is -0.641. The predicted octanol–water partition coefficient (Wildman–Crippen LogP) is 1.83. The fraction of sp³-hybridized carbons (Fsp3) is 0.409. The number of piperazine rings is 1. The van der Waals surface area contributed by atoms with E-state index in [1.807, 2.05) is 24.3 Å². The molecule has 0 unspecified atom stereocenters. The molecule has 2 aliphatic rings. The Hall–Kier alpha value is -2.63. The zero-order chi connectivity index (χ0) is 24.0. The number of sulfonamides is 2. The monoisotopic (exact) mass is 493 g/mol. The second kappa shape index (κ2) is 8.62. The highest BCUT2D eigenvalue weighted by atomic mass is 32.2. The Bertz CT molecular complexity index is 1280. The van der Waals surface area contributed by atoms with Crippen LogP contribution in [0.25, 0.3) is 0 Å². The Morgan fingerprint density at radius 3 is 2.27 bits per heavy atom. The van der Waals surface area contributed by atoms with Gasteiger partial charge in [0.25, 0.3) is 0 Å². The van der Waals surface area contributed by atoms with Crippen LogP contribution in [0, 0.1) is 12.8 Å². The number of nitrogens with zero attached hydrogens (tertiary/aromatic N) is 3. The van der Waals surface area contributed by atoms with Crippen molar-refractivity contribution in [3.8, 4) is 5.75 Å². The molecule has 2 aromatic rings. The molecule has 1 atom stereocenters. The SMILES string of the molecule is COc1ccccc1N1CCN(S(=O)(=O)c2ccc(N3C(=O)[C@@H](C)CS3(=O)=O)cc2C)CC1. The quantitative estimate of drug-likeness (QED) is 0.626. The molecule has 178 valence electrons. The maximum atomic E-state index is 13.3. The third kappa shape index (κ3) is 4.20. The number of methoxy groups -OCH3 is 1. The first-order valence-corrected chi connectivity index (χ1v) is 13.7. The van der Waals surface area contributed by atoms with Crippen molar-refractivity contribution < 1.29 is 26.4 Å². The number of ether oxygens (including phenoxy) is 1. The molecule has 0 spiro atoms. The average molecular weight is 494 g/mol. The summed E-state index contributed by atoms with van der Waals surface area (Å²) in [6, 6.07) is 11.8. The molecule has 2 aliphatic heterocycles. The van der Waals surface area contributed by atoms with Crippen molar-refractivity contribution in [2.75, 3.05) is 48.2 Å². The summed E-state index contributed by atoms with van der Waals surface area (Å²) in [6.07, 6.45) is 0. The summed E-state index contributed by atoms with van der Waals surface area (Å²) >= 11 is 0. The zero-order valence-corrected chi connectivity index (χ0v) is 20.4. The molecule has 0 radical (unpaired) electrons. The third-order valence-corrected chi connectivity index (χ3v) is 9.96. The molecule has 33 heavy (non-hydrogen) atoms. The number of carbonyl (C=O) groups excluding carboxylic acids is 1. The van der Waals surface area contributed by atoms with Gasteiger partial charge in [-0.2, -0.15) is 4.31 Å². The minimum absolute atomic E-state index is 0.106. The van der Waals surface area contributed by atoms with E-state index in [2.05, 4.69) is 4.90 Å². The molecule has 0 bridgehead atoms. The molecule has 0 saturated carbocycles. The topological polar surface area (TPSA) is 104 Å². The van der Waals surface area contributed by atoms with E-state index in [0.717, 1.165) is 15.7 Å². The standard InChI is InChI=1S/C22H27N3O6S2/c1-16-14-18(25-22(26)17(2)15-32(25,27)28)8-9-21(16)33(29,30)24-12-10-23(11-13-24)19-6-4-5-7-20(19)31-3/h4-9,14,17H,10-13,15H2,1-3H3/t17-/m0/s1. The van der Waals surface area contributed by atoms with Gasteiger partial charge in [-0.25, -0.2) is 21.1 Å². The van der Waals surface area contributed by atoms with Crippen LogP contribution in [-0.2, 0) is 24.8 Å². The van der Waals surface area contributed by atoms with E-state index in [1.165, 1.54) is 22.5 Å². The van der Waals surface area contributed by atoms with Crippen molar-refractivity contribution in [3.05, 3.63) is 48.0 Å². The number of anilines is 2. The van der Waals surface area contributed by atoms with E-state index in [9.17, 15) is 21.6 Å². The van der Waals surface area contributed by atoms with Crippen LogP contribution in [0.2, 0.25) is 0 Å². The highest BCUT2D eigenvalue weighted by Crippen LogP contribution is 2.33. The molecule has 2 heterocycles. The lowest BCUT2D eigenvalue weighted by molar-refractivity contribution is -0.119. The number of para-hydroxylation sites is 2. The number of hydrogen-bond donors (Lipinski definition) is 0. The molecule has 2 aromatic carbocycles. The van der Waals surface area contributed by atoms with Gasteiger partial charge >= 0.3 is 0 Å². The second-order valence-corrected chi connectivity index (χ2v) is 12.1. The van der Waals surface area contributed by atoms with Crippen molar-refractivity contribution in [1.82, 2.24) is 4.31 Å². The van der Waals surface area contributed by atoms with Gasteiger partial charge in [-0.1, -0.05) is 19.1 Å². The first-order chi connectivity index (χ1) is 15.6. The van der Waals surface area contributed by atoms with Gasteiger partial charge in [-0.05, 0) is 42.8 Å². The van der Waals surface area contributed by atoms with Crippen LogP contribution in [0.4, 0.5) is 11.4 Å². The number of rotatable bonds is 5. The van der Waals surface area contributed by atoms with Gasteiger partial charge in [0.15, 0.2) is 0 Å². The molecular weight excluding hydrogens is 466 g/mol. The molecule has 0 aromatic heterocycles. The zero-order valence-electron chi connectivity index (χ0n) is 18.8. The van der Waals surface area contributed by atoms with E-state index in [-0.39, 0.29) is 16.3 Å². The summed E-state index contributed by atoms with van der Waals surface area (Å²) in [5, 5.41) is 0. The molecular formula is C22H27N3O6S2. The molecule has 0 N–H and O–H groups in total. The number of hydrogen-bond acceptors (Lipinski definition) is 7. The highest BCUT2D eigenvalue weighted by molar-refractivity contribution is 7.94. The molecule has 11 heteroatoms. The van der Waals surface area contributed by atoms with E-state index in [0.29, 0.717) is 31.7 Å². The fourth-order valence-corrected chi connectivity index (χ4v) is 7.78. The fourth-order valence-electron chi connectivity index (χ4n) is 4.34. The minimum atomic E-state index is -3.78. The Labute approximate surface area is 194 Å². The second-order valence-electron chi connectivity index (χ2n) is 8.30. The van der Waals surface area contributed by atoms with Gasteiger partial charge in [0.1, 0.15) is 5.75 Å². The Kier molecular flexibility index (Phi) is 6.14. The van der Waals surface area contributed by atoms with Crippen molar-refractivity contribution in [2.24, 2.45) is 5.92 Å². The summed E-state index contributed by atoms with van der Waals surface area (Å²) in [4.78, 5) is 14.6. The van der Waals surface area contributed by atoms with Gasteiger partial charge < -0.3 is 9.64 Å². The van der Waals surface area contributed by atoms with Crippen LogP contribution in [0.15, 0.2) is 47.4 Å². The van der Waals surface area contributed by atoms with Crippen LogP contribution >= 0.6 is 0 Å². The number of amides is 1. The summed E-state index contributed by atoms with van der Waals surface area (Å²) < 4.78 is 59.1. The largest absolute Gasteiger partial charge is 0.495 e. The van der Waals surface area contributed by atoms with E-state index in [1.54, 1.807) is 21.0 Å². The van der Waals surface area contributed by atoms with Gasteiger partial charge in [0.2, 0.25) is 26.0 Å². The van der Waals surface area contributed by atoms with Crippen LogP contribution in [-0.4, -0.2) is 66.1 Å². The maximum Gasteiger partial charge on any atom is 0.244 e. The number of benzene rings is 2. The summed E-state index contributed by atoms with van der Waals surface area (Å²) in [7, 11) is -5.93. The summed E-state index contributed by atoms with van der Waals surface area (Å²) in [5.41, 5.74) is 1.48. The van der Waals surface area contributed by atoms with Gasteiger partial charge in [0.05, 0.1) is 35.1 Å². The van der Waals surface area contributed by atoms with E-state index >= 15 is 0 Å². The van der Waals surface area contributed by atoms with Crippen LogP contribution in [0.5, 0.6) is 5.75 Å². The van der Waals surface area contributed by atoms with Crippen molar-refractivity contribution >= 4 is 37.3 Å². The predicted molar refractivity (Wildman–Crippen MR) is 126 cm³/mol. The molecule has 9 nitrogen and oxygen atoms in total. The normalized spacial score (nSPS) is 21.4. The van der Waals surface area contributed by atoms with E-state index < -0.39 is 31.9 Å². The molecule has 4 rings (SSSR count). The Morgan fingerprint density at radius 2 is 1.70 bits per heavy atom. The molecule has 2 fully saturated rings. The molecule has 2 saturated heterocycles. The first kappa shape index (κ1) is 23.5. The van der Waals surface area contributed by atoms with Gasteiger partial charge in [-0.15, -0.1) is 0 Å². The highest BCUT2D eigenvalue weighted by Gasteiger charge is 2.42. The Balaban J connectivity index is 1.54. The average Bonchev–Trinajstić information content (AvgIpc) is 2.99. The smallest absolute Gasteiger partial charge is 0.244 e. The van der Waals surface area contributed by atoms with Crippen molar-refractivity contribution in [1.29, 1.82) is 0 Å². The molecule has 0 aliphatic carbocycles.